The fourth-order valence-corrected chi connectivity index (χ4v) is 2.40. The molecule has 0 unspecified atom stereocenters. The van der Waals surface area contributed by atoms with E-state index in [1.54, 1.807) is 0 Å². The molecule has 0 spiro atoms. The Morgan fingerprint density at radius 1 is 1.40 bits per heavy atom. The Morgan fingerprint density at radius 3 is 2.90 bits per heavy atom. The highest BCUT2D eigenvalue weighted by Crippen LogP contribution is 2.10. The number of aromatic nitrogens is 3. The van der Waals surface area contributed by atoms with Gasteiger partial charge in [-0.2, -0.15) is 5.10 Å². The summed E-state index contributed by atoms with van der Waals surface area (Å²) in [5, 5.41) is 10.1. The van der Waals surface area contributed by atoms with Crippen molar-refractivity contribution in [2.45, 2.75) is 31.0 Å². The molecule has 0 fully saturated rings. The van der Waals surface area contributed by atoms with Gasteiger partial charge in [0.05, 0.1) is 5.75 Å². The van der Waals surface area contributed by atoms with E-state index in [2.05, 4.69) is 32.6 Å². The number of aryl methyl sites for hydroxylation is 1. The summed E-state index contributed by atoms with van der Waals surface area (Å²) in [6.45, 7) is 2.03. The standard InChI is InChI=1S/C14H18N4OS/c1-11(7-8-12-5-3-2-4-6-12)17-13(19)9-20-14-15-10-16-18-14/h2-6,10-11H,7-9H2,1H3,(H,17,19)(H,15,16,18)/t11-/m0/s1. The molecule has 0 saturated carbocycles. The molecule has 1 aromatic carbocycles. The SMILES string of the molecule is C[C@@H](CCc1ccccc1)NC(=O)CSc1ncn[nH]1. The number of benzene rings is 1. The molecule has 1 heterocycles. The van der Waals surface area contributed by atoms with E-state index in [1.165, 1.54) is 23.7 Å². The van der Waals surface area contributed by atoms with Crippen LogP contribution in [-0.4, -0.2) is 32.9 Å². The zero-order chi connectivity index (χ0) is 14.2. The third-order valence-electron chi connectivity index (χ3n) is 2.85. The van der Waals surface area contributed by atoms with Gasteiger partial charge in [-0.25, -0.2) is 4.98 Å². The van der Waals surface area contributed by atoms with Gasteiger partial charge < -0.3 is 5.32 Å². The molecular formula is C14H18N4OS. The summed E-state index contributed by atoms with van der Waals surface area (Å²) < 4.78 is 0. The van der Waals surface area contributed by atoms with Crippen molar-refractivity contribution < 1.29 is 4.79 Å². The second-order valence-electron chi connectivity index (χ2n) is 4.57. The Hall–Kier alpha value is -1.82. The van der Waals surface area contributed by atoms with E-state index < -0.39 is 0 Å². The molecule has 106 valence electrons. The first-order chi connectivity index (χ1) is 9.74. The number of H-pyrrole nitrogens is 1. The highest BCUT2D eigenvalue weighted by Gasteiger charge is 2.09. The molecule has 2 rings (SSSR count). The zero-order valence-corrected chi connectivity index (χ0v) is 12.2. The smallest absolute Gasteiger partial charge is 0.230 e. The van der Waals surface area contributed by atoms with Crippen molar-refractivity contribution in [1.29, 1.82) is 0 Å². The van der Waals surface area contributed by atoms with E-state index in [9.17, 15) is 4.79 Å². The van der Waals surface area contributed by atoms with Crippen molar-refractivity contribution in [1.82, 2.24) is 20.5 Å². The number of amides is 1. The normalized spacial score (nSPS) is 12.1. The Morgan fingerprint density at radius 2 is 2.20 bits per heavy atom. The lowest BCUT2D eigenvalue weighted by Crippen LogP contribution is -2.34. The van der Waals surface area contributed by atoms with Crippen LogP contribution in [0.2, 0.25) is 0 Å². The van der Waals surface area contributed by atoms with Gasteiger partial charge in [0.2, 0.25) is 5.91 Å². The summed E-state index contributed by atoms with van der Waals surface area (Å²) in [7, 11) is 0. The van der Waals surface area contributed by atoms with Crippen LogP contribution in [0.25, 0.3) is 0 Å². The van der Waals surface area contributed by atoms with Gasteiger partial charge in [0.1, 0.15) is 6.33 Å². The molecule has 5 nitrogen and oxygen atoms in total. The van der Waals surface area contributed by atoms with E-state index in [0.717, 1.165) is 12.8 Å². The minimum atomic E-state index is 0.0203. The van der Waals surface area contributed by atoms with Crippen molar-refractivity contribution in [2.24, 2.45) is 0 Å². The van der Waals surface area contributed by atoms with Crippen LogP contribution in [0.15, 0.2) is 41.8 Å². The summed E-state index contributed by atoms with van der Waals surface area (Å²) in [6.07, 6.45) is 3.34. The third kappa shape index (κ3) is 5.05. The fraction of sp³-hybridized carbons (Fsp3) is 0.357. The van der Waals surface area contributed by atoms with Crippen LogP contribution in [0, 0.1) is 0 Å². The van der Waals surface area contributed by atoms with Crippen molar-refractivity contribution in [3.63, 3.8) is 0 Å². The predicted octanol–water partition coefficient (Wildman–Crippen LogP) is 2.03. The average Bonchev–Trinajstić information content (AvgIpc) is 2.97. The summed E-state index contributed by atoms with van der Waals surface area (Å²) in [5.41, 5.74) is 1.30. The fourth-order valence-electron chi connectivity index (χ4n) is 1.81. The molecule has 0 aliphatic heterocycles. The first-order valence-corrected chi connectivity index (χ1v) is 7.54. The van der Waals surface area contributed by atoms with Gasteiger partial charge in [0.15, 0.2) is 5.16 Å². The van der Waals surface area contributed by atoms with Gasteiger partial charge in [-0.1, -0.05) is 42.1 Å². The summed E-state index contributed by atoms with van der Waals surface area (Å²) >= 11 is 1.35. The largest absolute Gasteiger partial charge is 0.353 e. The van der Waals surface area contributed by atoms with E-state index in [0.29, 0.717) is 10.9 Å². The van der Waals surface area contributed by atoms with Gasteiger partial charge >= 0.3 is 0 Å². The first kappa shape index (κ1) is 14.6. The molecule has 0 radical (unpaired) electrons. The number of hydrogen-bond acceptors (Lipinski definition) is 4. The molecule has 2 aromatic rings. The molecule has 1 aromatic heterocycles. The molecule has 0 aliphatic carbocycles. The molecule has 20 heavy (non-hydrogen) atoms. The highest BCUT2D eigenvalue weighted by molar-refractivity contribution is 7.99. The lowest BCUT2D eigenvalue weighted by molar-refractivity contribution is -0.119. The second-order valence-corrected chi connectivity index (χ2v) is 5.54. The number of nitrogens with zero attached hydrogens (tertiary/aromatic N) is 2. The average molecular weight is 290 g/mol. The summed E-state index contributed by atoms with van der Waals surface area (Å²) in [6, 6.07) is 10.5. The number of thioether (sulfide) groups is 1. The van der Waals surface area contributed by atoms with E-state index in [-0.39, 0.29) is 11.9 Å². The number of rotatable bonds is 7. The summed E-state index contributed by atoms with van der Waals surface area (Å²) in [5.74, 6) is 0.372. The minimum absolute atomic E-state index is 0.0203. The van der Waals surface area contributed by atoms with Crippen LogP contribution >= 0.6 is 11.8 Å². The van der Waals surface area contributed by atoms with Crippen molar-refractivity contribution in [2.75, 3.05) is 5.75 Å². The molecule has 1 atom stereocenters. The van der Waals surface area contributed by atoms with E-state index >= 15 is 0 Å². The van der Waals surface area contributed by atoms with Crippen LogP contribution in [0.3, 0.4) is 0 Å². The van der Waals surface area contributed by atoms with Gasteiger partial charge in [0, 0.05) is 6.04 Å². The number of hydrogen-bond donors (Lipinski definition) is 2. The van der Waals surface area contributed by atoms with Gasteiger partial charge in [0.25, 0.3) is 0 Å². The van der Waals surface area contributed by atoms with Crippen LogP contribution in [0.5, 0.6) is 0 Å². The minimum Gasteiger partial charge on any atom is -0.353 e. The number of carbonyl (C=O) groups excluding carboxylic acids is 1. The Balaban J connectivity index is 1.66. The lowest BCUT2D eigenvalue weighted by Gasteiger charge is -2.13. The monoisotopic (exact) mass is 290 g/mol. The second kappa shape index (κ2) is 7.69. The summed E-state index contributed by atoms with van der Waals surface area (Å²) in [4.78, 5) is 15.7. The maximum Gasteiger partial charge on any atom is 0.230 e. The van der Waals surface area contributed by atoms with Crippen molar-refractivity contribution in [3.8, 4) is 0 Å². The Kier molecular flexibility index (Phi) is 5.61. The Labute approximate surface area is 122 Å². The number of aromatic amines is 1. The van der Waals surface area contributed by atoms with Crippen molar-refractivity contribution >= 4 is 17.7 Å². The topological polar surface area (TPSA) is 70.7 Å². The van der Waals surface area contributed by atoms with Gasteiger partial charge in [-0.15, -0.1) is 0 Å². The maximum atomic E-state index is 11.8. The van der Waals surface area contributed by atoms with Gasteiger partial charge in [-0.3, -0.25) is 9.89 Å². The van der Waals surface area contributed by atoms with Gasteiger partial charge in [-0.05, 0) is 25.3 Å². The lowest BCUT2D eigenvalue weighted by atomic mass is 10.1. The molecular weight excluding hydrogens is 272 g/mol. The zero-order valence-electron chi connectivity index (χ0n) is 11.4. The molecule has 0 saturated heterocycles. The number of carbonyl (C=O) groups is 1. The van der Waals surface area contributed by atoms with Crippen LogP contribution in [-0.2, 0) is 11.2 Å². The quantitative estimate of drug-likeness (QED) is 0.766. The highest BCUT2D eigenvalue weighted by atomic mass is 32.2. The van der Waals surface area contributed by atoms with Crippen molar-refractivity contribution in [3.05, 3.63) is 42.2 Å². The first-order valence-electron chi connectivity index (χ1n) is 6.55. The molecule has 6 heteroatoms. The third-order valence-corrected chi connectivity index (χ3v) is 3.73. The predicted molar refractivity (Wildman–Crippen MR) is 79.5 cm³/mol. The van der Waals surface area contributed by atoms with E-state index in [4.69, 9.17) is 0 Å². The molecule has 2 N–H and O–H groups in total. The maximum absolute atomic E-state index is 11.8. The molecule has 0 aliphatic rings. The van der Waals surface area contributed by atoms with E-state index in [1.807, 2.05) is 25.1 Å². The Bertz CT molecular complexity index is 515. The number of nitrogens with one attached hydrogen (secondary N) is 2. The molecule has 1 amide bonds. The molecule has 0 bridgehead atoms. The van der Waals surface area contributed by atoms with Crippen LogP contribution < -0.4 is 5.32 Å². The van der Waals surface area contributed by atoms with Crippen LogP contribution in [0.4, 0.5) is 0 Å². The van der Waals surface area contributed by atoms with Crippen LogP contribution in [0.1, 0.15) is 18.9 Å².